The van der Waals surface area contributed by atoms with Gasteiger partial charge in [0, 0.05) is 6.04 Å². The second-order valence-corrected chi connectivity index (χ2v) is 6.05. The summed E-state index contributed by atoms with van der Waals surface area (Å²) in [5, 5.41) is 5.64. The minimum Gasteiger partial charge on any atom is -0.493 e. The highest BCUT2D eigenvalue weighted by atomic mass is 16.5. The zero-order chi connectivity index (χ0) is 17.4. The topological polar surface area (TPSA) is 76.7 Å². The molecule has 0 aliphatic heterocycles. The van der Waals surface area contributed by atoms with Crippen LogP contribution in [0.2, 0.25) is 0 Å². The quantitative estimate of drug-likeness (QED) is 0.797. The van der Waals surface area contributed by atoms with Crippen molar-refractivity contribution in [2.24, 2.45) is 0 Å². The van der Waals surface area contributed by atoms with Crippen molar-refractivity contribution >= 4 is 11.8 Å². The lowest BCUT2D eigenvalue weighted by Crippen LogP contribution is -2.43. The van der Waals surface area contributed by atoms with Crippen LogP contribution in [0.4, 0.5) is 0 Å². The highest BCUT2D eigenvalue weighted by molar-refractivity contribution is 5.85. The largest absolute Gasteiger partial charge is 0.493 e. The summed E-state index contributed by atoms with van der Waals surface area (Å²) in [7, 11) is 3.12. The van der Waals surface area contributed by atoms with Crippen LogP contribution in [0.15, 0.2) is 18.2 Å². The molecule has 0 atom stereocenters. The second kappa shape index (κ2) is 9.15. The van der Waals surface area contributed by atoms with E-state index < -0.39 is 0 Å². The van der Waals surface area contributed by atoms with Gasteiger partial charge in [0.15, 0.2) is 11.5 Å². The van der Waals surface area contributed by atoms with Gasteiger partial charge in [-0.3, -0.25) is 9.59 Å². The number of hydrogen-bond acceptors (Lipinski definition) is 4. The molecule has 1 aliphatic rings. The van der Waals surface area contributed by atoms with Crippen LogP contribution in [0.5, 0.6) is 11.5 Å². The molecule has 6 heteroatoms. The van der Waals surface area contributed by atoms with Gasteiger partial charge in [-0.15, -0.1) is 0 Å². The summed E-state index contributed by atoms with van der Waals surface area (Å²) < 4.78 is 10.4. The van der Waals surface area contributed by atoms with Gasteiger partial charge in [0.05, 0.1) is 27.2 Å². The maximum absolute atomic E-state index is 12.0. The molecule has 1 saturated carbocycles. The summed E-state index contributed by atoms with van der Waals surface area (Å²) in [6.07, 6.45) is 5.83. The summed E-state index contributed by atoms with van der Waals surface area (Å²) in [6.45, 7) is 0.0165. The molecule has 0 spiro atoms. The molecule has 1 aliphatic carbocycles. The minimum absolute atomic E-state index is 0.0165. The molecule has 6 nitrogen and oxygen atoms in total. The number of amides is 2. The molecule has 0 radical (unpaired) electrons. The van der Waals surface area contributed by atoms with E-state index in [1.54, 1.807) is 26.4 Å². The molecular weight excluding hydrogens is 308 g/mol. The summed E-state index contributed by atoms with van der Waals surface area (Å²) in [5.74, 6) is 0.884. The number of carbonyl (C=O) groups is 2. The average Bonchev–Trinajstić information content (AvgIpc) is 2.60. The number of benzene rings is 1. The minimum atomic E-state index is -0.194. The van der Waals surface area contributed by atoms with Gasteiger partial charge in [-0.2, -0.15) is 0 Å². The Bertz CT molecular complexity index is 568. The molecule has 0 saturated heterocycles. The molecule has 0 aromatic heterocycles. The molecule has 2 rings (SSSR count). The Morgan fingerprint density at radius 2 is 1.75 bits per heavy atom. The number of ether oxygens (including phenoxy) is 2. The normalized spacial score (nSPS) is 14.8. The fourth-order valence-corrected chi connectivity index (χ4v) is 2.94. The average molecular weight is 334 g/mol. The molecule has 1 aromatic rings. The smallest absolute Gasteiger partial charge is 0.239 e. The number of methoxy groups -OCH3 is 2. The van der Waals surface area contributed by atoms with Gasteiger partial charge >= 0.3 is 0 Å². The van der Waals surface area contributed by atoms with E-state index in [1.807, 2.05) is 6.07 Å². The van der Waals surface area contributed by atoms with Crippen LogP contribution < -0.4 is 20.1 Å². The van der Waals surface area contributed by atoms with Crippen LogP contribution in [0.1, 0.15) is 37.7 Å². The fraction of sp³-hybridized carbons (Fsp3) is 0.556. The predicted molar refractivity (Wildman–Crippen MR) is 91.3 cm³/mol. The lowest BCUT2D eigenvalue weighted by atomic mass is 9.95. The van der Waals surface area contributed by atoms with Crippen molar-refractivity contribution in [1.82, 2.24) is 10.6 Å². The van der Waals surface area contributed by atoms with Gasteiger partial charge in [0.25, 0.3) is 0 Å². The van der Waals surface area contributed by atoms with Gasteiger partial charge in [-0.1, -0.05) is 25.3 Å². The van der Waals surface area contributed by atoms with E-state index in [1.165, 1.54) is 6.42 Å². The summed E-state index contributed by atoms with van der Waals surface area (Å²) in [6, 6.07) is 5.59. The van der Waals surface area contributed by atoms with Crippen LogP contribution >= 0.6 is 0 Å². The van der Waals surface area contributed by atoms with Gasteiger partial charge in [0.2, 0.25) is 11.8 Å². The molecular formula is C18H26N2O4. The molecule has 1 aromatic carbocycles. The van der Waals surface area contributed by atoms with Gasteiger partial charge in [0.1, 0.15) is 0 Å². The fourth-order valence-electron chi connectivity index (χ4n) is 2.94. The van der Waals surface area contributed by atoms with Crippen molar-refractivity contribution in [3.8, 4) is 11.5 Å². The van der Waals surface area contributed by atoms with E-state index in [2.05, 4.69) is 10.6 Å². The lowest BCUT2D eigenvalue weighted by molar-refractivity contribution is -0.126. The lowest BCUT2D eigenvalue weighted by Gasteiger charge is -2.22. The third-order valence-corrected chi connectivity index (χ3v) is 4.23. The maximum atomic E-state index is 12.0. The van der Waals surface area contributed by atoms with Crippen molar-refractivity contribution in [2.75, 3.05) is 20.8 Å². The monoisotopic (exact) mass is 334 g/mol. The third-order valence-electron chi connectivity index (χ3n) is 4.23. The van der Waals surface area contributed by atoms with Crippen molar-refractivity contribution in [2.45, 2.75) is 44.6 Å². The SMILES string of the molecule is COc1ccc(CC(=O)NCC(=O)NC2CCCCC2)cc1OC. The number of carbonyl (C=O) groups excluding carboxylic acids is 2. The Morgan fingerprint density at radius 1 is 1.04 bits per heavy atom. The third kappa shape index (κ3) is 5.44. The first-order chi connectivity index (χ1) is 11.6. The highest BCUT2D eigenvalue weighted by Crippen LogP contribution is 2.27. The Kier molecular flexibility index (Phi) is 6.90. The molecule has 0 bridgehead atoms. The van der Waals surface area contributed by atoms with Gasteiger partial charge in [-0.05, 0) is 30.5 Å². The number of hydrogen-bond donors (Lipinski definition) is 2. The van der Waals surface area contributed by atoms with Crippen LogP contribution in [0.25, 0.3) is 0 Å². The molecule has 1 fully saturated rings. The van der Waals surface area contributed by atoms with E-state index in [0.717, 1.165) is 31.2 Å². The summed E-state index contributed by atoms with van der Waals surface area (Å²) >= 11 is 0. The van der Waals surface area contributed by atoms with Crippen molar-refractivity contribution in [3.05, 3.63) is 23.8 Å². The Labute approximate surface area is 142 Å². The first kappa shape index (κ1) is 18.1. The second-order valence-electron chi connectivity index (χ2n) is 6.05. The highest BCUT2D eigenvalue weighted by Gasteiger charge is 2.16. The zero-order valence-electron chi connectivity index (χ0n) is 14.4. The van der Waals surface area contributed by atoms with Crippen LogP contribution in [-0.2, 0) is 16.0 Å². The summed E-state index contributed by atoms with van der Waals surface area (Å²) in [5.41, 5.74) is 0.804. The molecule has 132 valence electrons. The maximum Gasteiger partial charge on any atom is 0.239 e. The Hall–Kier alpha value is -2.24. The summed E-state index contributed by atoms with van der Waals surface area (Å²) in [4.78, 5) is 23.9. The molecule has 24 heavy (non-hydrogen) atoms. The van der Waals surface area contributed by atoms with E-state index in [0.29, 0.717) is 11.5 Å². The van der Waals surface area contributed by atoms with E-state index in [-0.39, 0.29) is 30.8 Å². The van der Waals surface area contributed by atoms with E-state index >= 15 is 0 Å². The van der Waals surface area contributed by atoms with E-state index in [4.69, 9.17) is 9.47 Å². The van der Waals surface area contributed by atoms with Crippen LogP contribution in [-0.4, -0.2) is 38.6 Å². The van der Waals surface area contributed by atoms with Crippen molar-refractivity contribution in [3.63, 3.8) is 0 Å². The number of nitrogens with one attached hydrogen (secondary N) is 2. The molecule has 2 amide bonds. The van der Waals surface area contributed by atoms with Crippen molar-refractivity contribution in [1.29, 1.82) is 0 Å². The standard InChI is InChI=1S/C18H26N2O4/c1-23-15-9-8-13(10-16(15)24-2)11-17(21)19-12-18(22)20-14-6-4-3-5-7-14/h8-10,14H,3-7,11-12H2,1-2H3,(H,19,21)(H,20,22). The molecule has 2 N–H and O–H groups in total. The first-order valence-electron chi connectivity index (χ1n) is 8.39. The number of rotatable bonds is 7. The first-order valence-corrected chi connectivity index (χ1v) is 8.39. The molecule has 0 unspecified atom stereocenters. The van der Waals surface area contributed by atoms with Crippen LogP contribution in [0, 0.1) is 0 Å². The van der Waals surface area contributed by atoms with Crippen LogP contribution in [0.3, 0.4) is 0 Å². The molecule has 0 heterocycles. The van der Waals surface area contributed by atoms with E-state index in [9.17, 15) is 9.59 Å². The Balaban J connectivity index is 1.77. The predicted octanol–water partition coefficient (Wildman–Crippen LogP) is 1.81. The zero-order valence-corrected chi connectivity index (χ0v) is 14.4. The van der Waals surface area contributed by atoms with Crippen molar-refractivity contribution < 1.29 is 19.1 Å². The van der Waals surface area contributed by atoms with Gasteiger partial charge < -0.3 is 20.1 Å². The van der Waals surface area contributed by atoms with Gasteiger partial charge in [-0.25, -0.2) is 0 Å². The Morgan fingerprint density at radius 3 is 2.42 bits per heavy atom.